The minimum Gasteiger partial charge on any atom is -0.497 e. The summed E-state index contributed by atoms with van der Waals surface area (Å²) >= 11 is 1.44. The van der Waals surface area contributed by atoms with Crippen molar-refractivity contribution in [2.45, 2.75) is 19.3 Å². The molecule has 0 N–H and O–H groups in total. The number of benzene rings is 2. The summed E-state index contributed by atoms with van der Waals surface area (Å²) in [7, 11) is 1.65. The van der Waals surface area contributed by atoms with Gasteiger partial charge in [0.1, 0.15) is 17.3 Å². The van der Waals surface area contributed by atoms with Gasteiger partial charge in [-0.3, -0.25) is 4.79 Å². The number of methoxy groups -OCH3 is 1. The number of fused-ring (bicyclic) bond motifs is 2. The van der Waals surface area contributed by atoms with Crippen LogP contribution in [0.3, 0.4) is 0 Å². The molecule has 0 radical (unpaired) electrons. The minimum atomic E-state index is -0.00215. The molecule has 0 spiro atoms. The van der Waals surface area contributed by atoms with E-state index >= 15 is 0 Å². The second-order valence-corrected chi connectivity index (χ2v) is 8.18. The summed E-state index contributed by atoms with van der Waals surface area (Å²) in [5.41, 5.74) is 2.76. The molecule has 2 aromatic carbocycles. The highest BCUT2D eigenvalue weighted by Crippen LogP contribution is 2.48. The number of Topliss-reactive ketones (excluding diaryl/α,β-unsaturated/α-hetero) is 1. The molecule has 0 saturated heterocycles. The molecule has 6 heteroatoms. The molecule has 1 atom stereocenters. The average Bonchev–Trinajstić information content (AvgIpc) is 3.47. The van der Waals surface area contributed by atoms with Crippen LogP contribution in [0.25, 0.3) is 0 Å². The van der Waals surface area contributed by atoms with Gasteiger partial charge in [-0.1, -0.05) is 18.2 Å². The third-order valence-electron chi connectivity index (χ3n) is 5.53. The van der Waals surface area contributed by atoms with Crippen LogP contribution in [0.5, 0.6) is 23.0 Å². The summed E-state index contributed by atoms with van der Waals surface area (Å²) in [6.07, 6.45) is 0.585. The van der Waals surface area contributed by atoms with Gasteiger partial charge >= 0.3 is 0 Å². The molecule has 3 heterocycles. The van der Waals surface area contributed by atoms with Crippen LogP contribution in [-0.2, 0) is 0 Å². The van der Waals surface area contributed by atoms with Crippen molar-refractivity contribution in [2.24, 2.45) is 0 Å². The van der Waals surface area contributed by atoms with Crippen molar-refractivity contribution >= 4 is 17.1 Å². The van der Waals surface area contributed by atoms with E-state index in [-0.39, 0.29) is 18.5 Å². The third kappa shape index (κ3) is 3.23. The van der Waals surface area contributed by atoms with Crippen molar-refractivity contribution in [3.05, 3.63) is 81.2 Å². The van der Waals surface area contributed by atoms with E-state index in [1.165, 1.54) is 11.3 Å². The fourth-order valence-corrected chi connectivity index (χ4v) is 4.57. The van der Waals surface area contributed by atoms with Crippen LogP contribution in [0.4, 0.5) is 0 Å². The number of carbonyl (C=O) groups excluding carboxylic acids is 1. The lowest BCUT2D eigenvalue weighted by atomic mass is 9.84. The standard InChI is InChI=1S/C24H20O5S/c1-14(24(25)23-4-3-9-30-23)19-10-17(15-5-7-16(26-2)8-6-15)18-11-21-22(28-13-27-21)12-20(18)29-19/h3-9,11-12,17H,10,13H2,1-2H3/b19-14-/t17-/m0/s1. The molecule has 30 heavy (non-hydrogen) atoms. The van der Waals surface area contributed by atoms with Gasteiger partial charge in [0.05, 0.1) is 12.0 Å². The molecule has 0 aliphatic carbocycles. The molecule has 0 saturated carbocycles. The SMILES string of the molecule is COc1ccc([C@@H]2C/C(=C(\C)C(=O)c3cccs3)Oc3cc4c(cc32)OCO4)cc1. The monoisotopic (exact) mass is 420 g/mol. The normalized spacial score (nSPS) is 18.4. The molecule has 3 aromatic rings. The van der Waals surface area contributed by atoms with Gasteiger partial charge in [-0.25, -0.2) is 0 Å². The Morgan fingerprint density at radius 3 is 2.53 bits per heavy atom. The lowest BCUT2D eigenvalue weighted by molar-refractivity contribution is 0.103. The Morgan fingerprint density at radius 2 is 1.83 bits per heavy atom. The average molecular weight is 420 g/mol. The second-order valence-electron chi connectivity index (χ2n) is 7.23. The molecule has 0 unspecified atom stereocenters. The van der Waals surface area contributed by atoms with E-state index in [1.807, 2.05) is 48.7 Å². The van der Waals surface area contributed by atoms with Gasteiger partial charge in [-0.15, -0.1) is 11.3 Å². The predicted molar refractivity (Wildman–Crippen MR) is 114 cm³/mol. The van der Waals surface area contributed by atoms with E-state index in [0.717, 1.165) is 22.6 Å². The van der Waals surface area contributed by atoms with Gasteiger partial charge in [0.2, 0.25) is 12.6 Å². The Morgan fingerprint density at radius 1 is 1.07 bits per heavy atom. The van der Waals surface area contributed by atoms with E-state index in [9.17, 15) is 4.79 Å². The van der Waals surface area contributed by atoms with Crippen molar-refractivity contribution in [1.82, 2.24) is 0 Å². The minimum absolute atomic E-state index is 0.00215. The van der Waals surface area contributed by atoms with Crippen LogP contribution < -0.4 is 18.9 Å². The summed E-state index contributed by atoms with van der Waals surface area (Å²) in [4.78, 5) is 13.7. The van der Waals surface area contributed by atoms with Gasteiger partial charge < -0.3 is 18.9 Å². The molecule has 0 amide bonds. The molecular weight excluding hydrogens is 400 g/mol. The fraction of sp³-hybridized carbons (Fsp3) is 0.208. The van der Waals surface area contributed by atoms with Crippen molar-refractivity contribution in [2.75, 3.05) is 13.9 Å². The van der Waals surface area contributed by atoms with Gasteiger partial charge in [-0.05, 0) is 42.1 Å². The van der Waals surface area contributed by atoms with Crippen molar-refractivity contribution < 1.29 is 23.7 Å². The summed E-state index contributed by atoms with van der Waals surface area (Å²) in [6, 6.07) is 15.6. The number of ketones is 1. The summed E-state index contributed by atoms with van der Waals surface area (Å²) in [6.45, 7) is 2.03. The molecule has 152 valence electrons. The number of hydrogen-bond acceptors (Lipinski definition) is 6. The molecule has 5 nitrogen and oxygen atoms in total. The predicted octanol–water partition coefficient (Wildman–Crippen LogP) is 5.56. The molecule has 1 aromatic heterocycles. The summed E-state index contributed by atoms with van der Waals surface area (Å²) in [5.74, 6) is 3.57. The zero-order valence-electron chi connectivity index (χ0n) is 16.6. The lowest BCUT2D eigenvalue weighted by Crippen LogP contribution is -2.17. The topological polar surface area (TPSA) is 54.0 Å². The number of hydrogen-bond donors (Lipinski definition) is 0. The quantitative estimate of drug-likeness (QED) is 0.409. The Kier molecular flexibility index (Phi) is 4.71. The Hall–Kier alpha value is -3.25. The number of rotatable bonds is 4. The maximum absolute atomic E-state index is 12.9. The maximum Gasteiger partial charge on any atom is 0.231 e. The number of allylic oxidation sites excluding steroid dienone is 2. The highest BCUT2D eigenvalue weighted by atomic mass is 32.1. The summed E-state index contributed by atoms with van der Waals surface area (Å²) < 4.78 is 22.7. The van der Waals surface area contributed by atoms with Gasteiger partial charge in [0, 0.05) is 29.5 Å². The Bertz CT molecular complexity index is 1130. The zero-order valence-corrected chi connectivity index (χ0v) is 17.5. The van der Waals surface area contributed by atoms with Crippen molar-refractivity contribution in [3.63, 3.8) is 0 Å². The maximum atomic E-state index is 12.9. The molecule has 0 bridgehead atoms. The van der Waals surface area contributed by atoms with Gasteiger partial charge in [0.15, 0.2) is 11.5 Å². The first-order chi connectivity index (χ1) is 14.6. The lowest BCUT2D eigenvalue weighted by Gasteiger charge is -2.29. The van der Waals surface area contributed by atoms with E-state index < -0.39 is 0 Å². The highest BCUT2D eigenvalue weighted by molar-refractivity contribution is 7.12. The molecular formula is C24H20O5S. The fourth-order valence-electron chi connectivity index (χ4n) is 3.85. The first kappa shape index (κ1) is 18.8. The molecule has 2 aliphatic heterocycles. The Labute approximate surface area is 178 Å². The first-order valence-corrected chi connectivity index (χ1v) is 10.6. The van der Waals surface area contributed by atoms with E-state index in [2.05, 4.69) is 12.1 Å². The largest absolute Gasteiger partial charge is 0.497 e. The van der Waals surface area contributed by atoms with Crippen LogP contribution in [-0.4, -0.2) is 19.7 Å². The third-order valence-corrected chi connectivity index (χ3v) is 6.39. The molecule has 2 aliphatic rings. The van der Waals surface area contributed by atoms with Crippen molar-refractivity contribution in [1.29, 1.82) is 0 Å². The Balaban J connectivity index is 1.60. The second kappa shape index (κ2) is 7.54. The van der Waals surface area contributed by atoms with Crippen LogP contribution in [0.15, 0.2) is 65.2 Å². The van der Waals surface area contributed by atoms with Crippen LogP contribution in [0.2, 0.25) is 0 Å². The van der Waals surface area contributed by atoms with E-state index in [0.29, 0.717) is 34.1 Å². The van der Waals surface area contributed by atoms with Crippen LogP contribution in [0, 0.1) is 0 Å². The van der Waals surface area contributed by atoms with Crippen LogP contribution in [0.1, 0.15) is 40.1 Å². The van der Waals surface area contributed by atoms with Crippen LogP contribution >= 0.6 is 11.3 Å². The molecule has 0 fully saturated rings. The van der Waals surface area contributed by atoms with E-state index in [4.69, 9.17) is 18.9 Å². The van der Waals surface area contributed by atoms with Crippen molar-refractivity contribution in [3.8, 4) is 23.0 Å². The number of carbonyl (C=O) groups is 1. The smallest absolute Gasteiger partial charge is 0.231 e. The summed E-state index contributed by atoms with van der Waals surface area (Å²) in [5, 5.41) is 1.91. The molecule has 5 rings (SSSR count). The first-order valence-electron chi connectivity index (χ1n) is 9.67. The van der Waals surface area contributed by atoms with Gasteiger partial charge in [-0.2, -0.15) is 0 Å². The zero-order chi connectivity index (χ0) is 20.7. The van der Waals surface area contributed by atoms with Gasteiger partial charge in [0.25, 0.3) is 0 Å². The number of ether oxygens (including phenoxy) is 4. The number of thiophene rings is 1. The highest BCUT2D eigenvalue weighted by Gasteiger charge is 2.32. The van der Waals surface area contributed by atoms with E-state index in [1.54, 1.807) is 7.11 Å².